The van der Waals surface area contributed by atoms with Crippen LogP contribution in [0.25, 0.3) is 0 Å². The number of fused-ring (bicyclic) bond motifs is 1. The lowest BCUT2D eigenvalue weighted by molar-refractivity contribution is -0.117. The molecule has 1 aliphatic carbocycles. The molecule has 144 valence electrons. The fraction of sp³-hybridized carbons (Fsp3) is 0.611. The Labute approximate surface area is 161 Å². The minimum atomic E-state index is -3.17. The second-order valence-corrected chi connectivity index (χ2v) is 9.40. The summed E-state index contributed by atoms with van der Waals surface area (Å²) in [6, 6.07) is 7.46. The Kier molecular flexibility index (Phi) is 5.79. The third-order valence-electron chi connectivity index (χ3n) is 5.70. The van der Waals surface area contributed by atoms with Crippen LogP contribution in [0.4, 0.5) is 11.4 Å². The van der Waals surface area contributed by atoms with E-state index < -0.39 is 10.0 Å². The van der Waals surface area contributed by atoms with Gasteiger partial charge in [-0.25, -0.2) is 8.42 Å². The molecule has 3 fully saturated rings. The monoisotopic (exact) mass is 399 g/mol. The second kappa shape index (κ2) is 7.74. The summed E-state index contributed by atoms with van der Waals surface area (Å²) in [5.74, 6) is 0.851. The van der Waals surface area contributed by atoms with Crippen LogP contribution in [-0.4, -0.2) is 38.7 Å². The summed E-state index contributed by atoms with van der Waals surface area (Å²) < 4.78 is 25.4. The molecule has 0 aromatic heterocycles. The first kappa shape index (κ1) is 19.5. The van der Waals surface area contributed by atoms with Crippen LogP contribution >= 0.6 is 12.4 Å². The molecule has 26 heavy (non-hydrogen) atoms. The van der Waals surface area contributed by atoms with Crippen molar-refractivity contribution in [2.75, 3.05) is 21.9 Å². The first-order valence-electron chi connectivity index (χ1n) is 9.20. The summed E-state index contributed by atoms with van der Waals surface area (Å²) in [4.78, 5) is 12.5. The molecule has 4 rings (SSSR count). The number of rotatable bonds is 3. The quantitative estimate of drug-likeness (QED) is 0.818. The van der Waals surface area contributed by atoms with Gasteiger partial charge in [-0.2, -0.15) is 0 Å². The Morgan fingerprint density at radius 1 is 1.12 bits per heavy atom. The molecule has 2 aliphatic heterocycles. The van der Waals surface area contributed by atoms with E-state index >= 15 is 0 Å². The van der Waals surface area contributed by atoms with Crippen molar-refractivity contribution in [3.8, 4) is 0 Å². The van der Waals surface area contributed by atoms with E-state index in [4.69, 9.17) is 0 Å². The molecule has 1 amide bonds. The maximum atomic E-state index is 12.5. The van der Waals surface area contributed by atoms with Gasteiger partial charge in [0.1, 0.15) is 0 Å². The zero-order valence-corrected chi connectivity index (χ0v) is 16.3. The lowest BCUT2D eigenvalue weighted by Crippen LogP contribution is -2.39. The maximum absolute atomic E-state index is 12.5. The molecule has 8 heteroatoms. The van der Waals surface area contributed by atoms with Crippen LogP contribution < -0.4 is 14.9 Å². The summed E-state index contributed by atoms with van der Waals surface area (Å²) in [6.45, 7) is 0.531. The van der Waals surface area contributed by atoms with Crippen molar-refractivity contribution in [2.24, 2.45) is 5.92 Å². The van der Waals surface area contributed by atoms with Gasteiger partial charge in [-0.15, -0.1) is 12.4 Å². The minimum absolute atomic E-state index is 0. The molecule has 0 spiro atoms. The smallest absolute Gasteiger partial charge is 0.241 e. The zero-order chi connectivity index (χ0) is 17.4. The molecule has 6 nitrogen and oxygen atoms in total. The third-order valence-corrected chi connectivity index (χ3v) is 7.57. The number of carbonyl (C=O) groups is 1. The first-order chi connectivity index (χ1) is 12.0. The van der Waals surface area contributed by atoms with Crippen LogP contribution in [0.2, 0.25) is 0 Å². The fourth-order valence-corrected chi connectivity index (χ4v) is 5.96. The summed E-state index contributed by atoms with van der Waals surface area (Å²) in [6.07, 6.45) is 6.51. The molecule has 0 bridgehead atoms. The van der Waals surface area contributed by atoms with Crippen LogP contribution in [0.1, 0.15) is 38.5 Å². The van der Waals surface area contributed by atoms with Gasteiger partial charge in [-0.3, -0.25) is 9.10 Å². The Hall–Kier alpha value is -1.31. The van der Waals surface area contributed by atoms with Crippen LogP contribution in [0.5, 0.6) is 0 Å². The first-order valence-corrected chi connectivity index (χ1v) is 10.8. The largest absolute Gasteiger partial charge is 0.325 e. The van der Waals surface area contributed by atoms with Gasteiger partial charge in [0.05, 0.1) is 17.5 Å². The van der Waals surface area contributed by atoms with E-state index in [1.54, 1.807) is 24.3 Å². The highest BCUT2D eigenvalue weighted by Gasteiger charge is 2.38. The molecule has 3 atom stereocenters. The second-order valence-electron chi connectivity index (χ2n) is 7.38. The van der Waals surface area contributed by atoms with Gasteiger partial charge in [0.2, 0.25) is 15.9 Å². The van der Waals surface area contributed by atoms with Crippen molar-refractivity contribution in [1.29, 1.82) is 0 Å². The van der Waals surface area contributed by atoms with E-state index in [2.05, 4.69) is 10.6 Å². The topological polar surface area (TPSA) is 78.5 Å². The molecule has 2 heterocycles. The minimum Gasteiger partial charge on any atom is -0.325 e. The Balaban J connectivity index is 0.00000196. The highest BCUT2D eigenvalue weighted by atomic mass is 35.5. The fourth-order valence-electron chi connectivity index (χ4n) is 4.39. The number of nitrogens with one attached hydrogen (secondary N) is 2. The van der Waals surface area contributed by atoms with Crippen molar-refractivity contribution in [2.45, 2.75) is 50.6 Å². The van der Waals surface area contributed by atoms with E-state index in [-0.39, 0.29) is 30.1 Å². The van der Waals surface area contributed by atoms with Crippen molar-refractivity contribution in [1.82, 2.24) is 5.32 Å². The van der Waals surface area contributed by atoms with Gasteiger partial charge in [0.25, 0.3) is 0 Å². The maximum Gasteiger partial charge on any atom is 0.241 e. The van der Waals surface area contributed by atoms with Gasteiger partial charge in [-0.05, 0) is 55.9 Å². The number of anilines is 2. The van der Waals surface area contributed by atoms with E-state index in [1.807, 2.05) is 0 Å². The number of carbonyl (C=O) groups excluding carboxylic acids is 1. The zero-order valence-electron chi connectivity index (χ0n) is 14.7. The average Bonchev–Trinajstić information content (AvgIpc) is 3.18. The van der Waals surface area contributed by atoms with Gasteiger partial charge in [0, 0.05) is 18.3 Å². The van der Waals surface area contributed by atoms with Crippen molar-refractivity contribution >= 4 is 39.7 Å². The molecule has 1 saturated carbocycles. The lowest BCUT2D eigenvalue weighted by Gasteiger charge is -2.24. The number of amides is 1. The molecule has 1 aromatic carbocycles. The van der Waals surface area contributed by atoms with Crippen LogP contribution in [0, 0.1) is 5.92 Å². The Bertz CT molecular complexity index is 739. The number of sulfonamides is 1. The lowest BCUT2D eigenvalue weighted by atomic mass is 9.85. The van der Waals surface area contributed by atoms with E-state index in [0.717, 1.165) is 6.42 Å². The van der Waals surface area contributed by atoms with Crippen molar-refractivity contribution in [3.05, 3.63) is 24.3 Å². The number of nitrogens with zero attached hydrogens (tertiary/aromatic N) is 1. The molecular formula is C18H26ClN3O3S. The van der Waals surface area contributed by atoms with Crippen molar-refractivity contribution in [3.63, 3.8) is 0 Å². The van der Waals surface area contributed by atoms with Gasteiger partial charge < -0.3 is 10.6 Å². The number of halogens is 1. The summed E-state index contributed by atoms with van der Waals surface area (Å²) >= 11 is 0. The third kappa shape index (κ3) is 3.85. The predicted molar refractivity (Wildman–Crippen MR) is 105 cm³/mol. The normalized spacial score (nSPS) is 29.7. The standard InChI is InChI=1S/C18H25N3O3S.ClH/c22-18(17-12-13-4-1-2-5-16(13)20-17)19-14-6-8-15(9-7-14)21-10-3-11-25(21,23)24;/h6-9,13,16-17,20H,1-5,10-12H2,(H,19,22);1H. The Morgan fingerprint density at radius 3 is 2.50 bits per heavy atom. The number of hydrogen-bond acceptors (Lipinski definition) is 4. The van der Waals surface area contributed by atoms with Gasteiger partial charge in [-0.1, -0.05) is 12.8 Å². The van der Waals surface area contributed by atoms with Crippen molar-refractivity contribution < 1.29 is 13.2 Å². The summed E-state index contributed by atoms with van der Waals surface area (Å²) in [7, 11) is -3.17. The van der Waals surface area contributed by atoms with Crippen LogP contribution in [0.15, 0.2) is 24.3 Å². The van der Waals surface area contributed by atoms with Crippen LogP contribution in [-0.2, 0) is 14.8 Å². The molecule has 1 aromatic rings. The van der Waals surface area contributed by atoms with E-state index in [9.17, 15) is 13.2 Å². The van der Waals surface area contributed by atoms with Crippen LogP contribution in [0.3, 0.4) is 0 Å². The molecule has 2 N–H and O–H groups in total. The van der Waals surface area contributed by atoms with Gasteiger partial charge >= 0.3 is 0 Å². The van der Waals surface area contributed by atoms with E-state index in [0.29, 0.717) is 36.3 Å². The highest BCUT2D eigenvalue weighted by Crippen LogP contribution is 2.33. The SMILES string of the molecule is Cl.O=C(Nc1ccc(N2CCCS2(=O)=O)cc1)C1CC2CCCCC2N1. The molecule has 3 unspecified atom stereocenters. The predicted octanol–water partition coefficient (Wildman–Crippen LogP) is 2.51. The molecule has 2 saturated heterocycles. The summed E-state index contributed by atoms with van der Waals surface area (Å²) in [5.41, 5.74) is 1.38. The van der Waals surface area contributed by atoms with E-state index in [1.165, 1.54) is 30.0 Å². The number of benzene rings is 1. The summed E-state index contributed by atoms with van der Waals surface area (Å²) in [5, 5.41) is 6.44. The highest BCUT2D eigenvalue weighted by molar-refractivity contribution is 7.93. The number of hydrogen-bond donors (Lipinski definition) is 2. The molecule has 3 aliphatic rings. The average molecular weight is 400 g/mol. The Morgan fingerprint density at radius 2 is 1.85 bits per heavy atom. The van der Waals surface area contributed by atoms with Gasteiger partial charge in [0.15, 0.2) is 0 Å². The molecular weight excluding hydrogens is 374 g/mol. The molecule has 0 radical (unpaired) electrons.